The summed E-state index contributed by atoms with van der Waals surface area (Å²) < 4.78 is 0. The van der Waals surface area contributed by atoms with E-state index in [1.807, 2.05) is 19.9 Å². The highest BCUT2D eigenvalue weighted by molar-refractivity contribution is 5.98. The van der Waals surface area contributed by atoms with Gasteiger partial charge in [0.25, 0.3) is 5.91 Å². The topological polar surface area (TPSA) is 68.0 Å². The predicted octanol–water partition coefficient (Wildman–Crippen LogP) is 0.921. The molecule has 0 aliphatic heterocycles. The molecule has 0 aromatic carbocycles. The summed E-state index contributed by atoms with van der Waals surface area (Å²) in [6.45, 7) is 4.58. The van der Waals surface area contributed by atoms with Gasteiger partial charge in [0.2, 0.25) is 0 Å². The van der Waals surface area contributed by atoms with Crippen molar-refractivity contribution in [1.29, 1.82) is 0 Å². The molecule has 1 amide bonds. The zero-order chi connectivity index (χ0) is 9.84. The van der Waals surface area contributed by atoms with E-state index < -0.39 is 5.91 Å². The quantitative estimate of drug-likeness (QED) is 0.725. The number of hydrogen-bond donors (Lipinski definition) is 2. The molecule has 0 saturated carbocycles. The van der Waals surface area contributed by atoms with Gasteiger partial charge in [0, 0.05) is 18.4 Å². The number of nitrogens with one attached hydrogen (secondary N) is 1. The van der Waals surface area contributed by atoms with Crippen LogP contribution in [-0.4, -0.2) is 17.4 Å². The summed E-state index contributed by atoms with van der Waals surface area (Å²) >= 11 is 0. The molecule has 1 rings (SSSR count). The smallest absolute Gasteiger partial charge is 0.252 e. The maximum absolute atomic E-state index is 11.0. The monoisotopic (exact) mass is 179 g/mol. The van der Waals surface area contributed by atoms with Gasteiger partial charge in [-0.2, -0.15) is 0 Å². The Bertz CT molecular complexity index is 323. The second kappa shape index (κ2) is 3.89. The van der Waals surface area contributed by atoms with E-state index in [2.05, 4.69) is 10.3 Å². The highest BCUT2D eigenvalue weighted by Crippen LogP contribution is 2.14. The number of aromatic nitrogens is 1. The van der Waals surface area contributed by atoms with E-state index in [1.165, 1.54) is 6.20 Å². The van der Waals surface area contributed by atoms with Crippen LogP contribution in [0.2, 0.25) is 0 Å². The van der Waals surface area contributed by atoms with Crippen molar-refractivity contribution in [1.82, 2.24) is 4.98 Å². The van der Waals surface area contributed by atoms with E-state index in [0.717, 1.165) is 17.9 Å². The van der Waals surface area contributed by atoms with Gasteiger partial charge >= 0.3 is 0 Å². The van der Waals surface area contributed by atoms with Crippen LogP contribution in [-0.2, 0) is 0 Å². The van der Waals surface area contributed by atoms with Gasteiger partial charge in [-0.25, -0.2) is 0 Å². The van der Waals surface area contributed by atoms with Gasteiger partial charge in [-0.3, -0.25) is 9.78 Å². The molecule has 0 aliphatic carbocycles. The molecule has 0 radical (unpaired) electrons. The number of pyridine rings is 1. The number of nitrogens with two attached hydrogens (primary N) is 1. The van der Waals surface area contributed by atoms with Crippen LogP contribution in [0, 0.1) is 6.92 Å². The first-order valence-electron chi connectivity index (χ1n) is 4.15. The lowest BCUT2D eigenvalue weighted by Crippen LogP contribution is -2.15. The van der Waals surface area contributed by atoms with Crippen LogP contribution >= 0.6 is 0 Å². The average Bonchev–Trinajstić information content (AvgIpc) is 2.04. The third-order valence-corrected chi connectivity index (χ3v) is 1.67. The van der Waals surface area contributed by atoms with Crippen molar-refractivity contribution in [3.8, 4) is 0 Å². The first kappa shape index (κ1) is 9.51. The minimum Gasteiger partial charge on any atom is -0.385 e. The first-order valence-corrected chi connectivity index (χ1v) is 4.15. The lowest BCUT2D eigenvalue weighted by atomic mass is 10.2. The van der Waals surface area contributed by atoms with Crippen LogP contribution in [0.5, 0.6) is 0 Å². The molecule has 0 unspecified atom stereocenters. The Kier molecular flexibility index (Phi) is 2.84. The van der Waals surface area contributed by atoms with Gasteiger partial charge < -0.3 is 11.1 Å². The fourth-order valence-corrected chi connectivity index (χ4v) is 1.09. The number of aryl methyl sites for hydroxylation is 1. The van der Waals surface area contributed by atoms with Crippen molar-refractivity contribution in [2.45, 2.75) is 13.8 Å². The van der Waals surface area contributed by atoms with Crippen LogP contribution < -0.4 is 11.1 Å². The fourth-order valence-electron chi connectivity index (χ4n) is 1.09. The molecule has 0 fully saturated rings. The Morgan fingerprint density at radius 3 is 2.92 bits per heavy atom. The minimum atomic E-state index is -0.455. The van der Waals surface area contributed by atoms with Crippen LogP contribution in [0.15, 0.2) is 12.3 Å². The highest BCUT2D eigenvalue weighted by Gasteiger charge is 2.07. The Hall–Kier alpha value is -1.58. The van der Waals surface area contributed by atoms with E-state index in [0.29, 0.717) is 5.56 Å². The lowest BCUT2D eigenvalue weighted by molar-refractivity contribution is 0.100. The number of hydrogen-bond acceptors (Lipinski definition) is 3. The average molecular weight is 179 g/mol. The minimum absolute atomic E-state index is 0.437. The molecule has 0 bridgehead atoms. The zero-order valence-corrected chi connectivity index (χ0v) is 7.79. The zero-order valence-electron chi connectivity index (χ0n) is 7.79. The maximum atomic E-state index is 11.0. The Morgan fingerprint density at radius 2 is 2.38 bits per heavy atom. The normalized spacial score (nSPS) is 9.69. The Morgan fingerprint density at radius 1 is 1.69 bits per heavy atom. The van der Waals surface area contributed by atoms with Gasteiger partial charge in [0.1, 0.15) is 0 Å². The number of anilines is 1. The van der Waals surface area contributed by atoms with E-state index in [1.54, 1.807) is 0 Å². The standard InChI is InChI=1S/C9H13N3O/c1-3-11-8-4-6(2)12-5-7(8)9(10)13/h4-5H,3H2,1-2H3,(H2,10,13)(H,11,12). The van der Waals surface area contributed by atoms with Crippen LogP contribution in [0.4, 0.5) is 5.69 Å². The molecule has 1 aromatic rings. The van der Waals surface area contributed by atoms with Crippen molar-refractivity contribution >= 4 is 11.6 Å². The number of rotatable bonds is 3. The van der Waals surface area contributed by atoms with Crippen molar-refractivity contribution in [3.05, 3.63) is 23.5 Å². The van der Waals surface area contributed by atoms with Crippen molar-refractivity contribution in [3.63, 3.8) is 0 Å². The summed E-state index contributed by atoms with van der Waals surface area (Å²) in [6, 6.07) is 1.81. The summed E-state index contributed by atoms with van der Waals surface area (Å²) in [6.07, 6.45) is 1.50. The summed E-state index contributed by atoms with van der Waals surface area (Å²) in [5.74, 6) is -0.455. The van der Waals surface area contributed by atoms with Gasteiger partial charge in [0.05, 0.1) is 11.3 Å². The molecule has 0 atom stereocenters. The number of amides is 1. The molecular weight excluding hydrogens is 166 g/mol. The summed E-state index contributed by atoms with van der Waals surface area (Å²) in [5.41, 5.74) is 7.23. The number of carbonyl (C=O) groups is 1. The lowest BCUT2D eigenvalue weighted by Gasteiger charge is -2.07. The molecule has 1 aromatic heterocycles. The number of carbonyl (C=O) groups excluding carboxylic acids is 1. The molecule has 0 spiro atoms. The largest absolute Gasteiger partial charge is 0.385 e. The Labute approximate surface area is 77.2 Å². The molecule has 4 nitrogen and oxygen atoms in total. The van der Waals surface area contributed by atoms with Crippen molar-refractivity contribution in [2.75, 3.05) is 11.9 Å². The predicted molar refractivity (Wildman–Crippen MR) is 51.7 cm³/mol. The van der Waals surface area contributed by atoms with Gasteiger partial charge in [0.15, 0.2) is 0 Å². The molecule has 0 aliphatic rings. The molecule has 1 heterocycles. The summed E-state index contributed by atoms with van der Waals surface area (Å²) in [5, 5.41) is 3.06. The van der Waals surface area contributed by atoms with E-state index >= 15 is 0 Å². The SMILES string of the molecule is CCNc1cc(C)ncc1C(N)=O. The second-order valence-electron chi connectivity index (χ2n) is 2.77. The van der Waals surface area contributed by atoms with Crippen molar-refractivity contribution in [2.24, 2.45) is 5.73 Å². The third kappa shape index (κ3) is 2.18. The molecule has 4 heteroatoms. The van der Waals surface area contributed by atoms with Crippen LogP contribution in [0.1, 0.15) is 23.0 Å². The second-order valence-corrected chi connectivity index (χ2v) is 2.77. The van der Waals surface area contributed by atoms with E-state index in [9.17, 15) is 4.79 Å². The number of nitrogens with zero attached hydrogens (tertiary/aromatic N) is 1. The molecular formula is C9H13N3O. The maximum Gasteiger partial charge on any atom is 0.252 e. The van der Waals surface area contributed by atoms with Gasteiger partial charge in [-0.15, -0.1) is 0 Å². The third-order valence-electron chi connectivity index (χ3n) is 1.67. The highest BCUT2D eigenvalue weighted by atomic mass is 16.1. The van der Waals surface area contributed by atoms with E-state index in [-0.39, 0.29) is 0 Å². The van der Waals surface area contributed by atoms with E-state index in [4.69, 9.17) is 5.73 Å². The van der Waals surface area contributed by atoms with Crippen LogP contribution in [0.25, 0.3) is 0 Å². The molecule has 70 valence electrons. The summed E-state index contributed by atoms with van der Waals surface area (Å²) in [4.78, 5) is 15.0. The van der Waals surface area contributed by atoms with Gasteiger partial charge in [-0.1, -0.05) is 0 Å². The Balaban J connectivity index is 3.10. The van der Waals surface area contributed by atoms with Crippen LogP contribution in [0.3, 0.4) is 0 Å². The molecule has 0 saturated heterocycles. The summed E-state index contributed by atoms with van der Waals surface area (Å²) in [7, 11) is 0. The van der Waals surface area contributed by atoms with Gasteiger partial charge in [-0.05, 0) is 19.9 Å². The van der Waals surface area contributed by atoms with Crippen molar-refractivity contribution < 1.29 is 4.79 Å². The fraction of sp³-hybridized carbons (Fsp3) is 0.333. The number of primary amides is 1. The first-order chi connectivity index (χ1) is 6.15. The molecule has 13 heavy (non-hydrogen) atoms. The molecule has 3 N–H and O–H groups in total.